The molecule has 0 fully saturated rings. The van der Waals surface area contributed by atoms with Crippen molar-refractivity contribution in [2.24, 2.45) is 0 Å². The van der Waals surface area contributed by atoms with Gasteiger partial charge in [0.1, 0.15) is 0 Å². The highest BCUT2D eigenvalue weighted by molar-refractivity contribution is 7.88. The van der Waals surface area contributed by atoms with E-state index in [4.69, 9.17) is 5.21 Å². The van der Waals surface area contributed by atoms with E-state index >= 15 is 0 Å². The van der Waals surface area contributed by atoms with Gasteiger partial charge in [-0.05, 0) is 23.6 Å². The summed E-state index contributed by atoms with van der Waals surface area (Å²) in [6, 6.07) is 16.4. The summed E-state index contributed by atoms with van der Waals surface area (Å²) in [5, 5.41) is 8.65. The first-order chi connectivity index (χ1) is 12.4. The van der Waals surface area contributed by atoms with Gasteiger partial charge in [0, 0.05) is 24.4 Å². The van der Waals surface area contributed by atoms with Crippen LogP contribution in [0.5, 0.6) is 0 Å². The Morgan fingerprint density at radius 3 is 2.35 bits per heavy atom. The average molecular weight is 395 g/mol. The largest absolute Gasteiger partial charge is 0.289 e. The van der Waals surface area contributed by atoms with Crippen molar-refractivity contribution in [2.45, 2.75) is 23.5 Å². The number of nitrogens with one attached hydrogen (secondary N) is 1. The standard InChI is InChI=1S/C18H22N2O4S2/c21-18(19-22)11-13-20(12-10-16-8-4-5-9-17(16)25)26(23,24)14-15-6-2-1-3-7-15/h1-9,22,25H,10-14H2,(H,19,21). The number of sulfonamides is 1. The number of carbonyl (C=O) groups is 1. The molecule has 2 N–H and O–H groups in total. The number of thiol groups is 1. The zero-order chi connectivity index (χ0) is 19.0. The normalized spacial score (nSPS) is 11.5. The molecule has 0 atom stereocenters. The Morgan fingerprint density at radius 1 is 1.04 bits per heavy atom. The molecule has 0 aliphatic rings. The van der Waals surface area contributed by atoms with E-state index in [0.717, 1.165) is 10.5 Å². The number of nitrogens with zero attached hydrogens (tertiary/aromatic N) is 1. The molecule has 8 heteroatoms. The highest BCUT2D eigenvalue weighted by Crippen LogP contribution is 2.17. The maximum atomic E-state index is 12.8. The molecule has 2 aromatic carbocycles. The summed E-state index contributed by atoms with van der Waals surface area (Å²) in [6.07, 6.45) is 0.363. The molecule has 0 bridgehead atoms. The molecule has 0 aromatic heterocycles. The van der Waals surface area contributed by atoms with Gasteiger partial charge in [-0.25, -0.2) is 18.2 Å². The van der Waals surface area contributed by atoms with Gasteiger partial charge in [0.25, 0.3) is 0 Å². The van der Waals surface area contributed by atoms with E-state index < -0.39 is 15.9 Å². The van der Waals surface area contributed by atoms with E-state index in [1.807, 2.05) is 30.3 Å². The van der Waals surface area contributed by atoms with Crippen LogP contribution in [0.25, 0.3) is 0 Å². The highest BCUT2D eigenvalue weighted by atomic mass is 32.2. The molecule has 6 nitrogen and oxygen atoms in total. The van der Waals surface area contributed by atoms with Crippen molar-refractivity contribution in [3.8, 4) is 0 Å². The lowest BCUT2D eigenvalue weighted by atomic mass is 10.1. The molecule has 0 unspecified atom stereocenters. The van der Waals surface area contributed by atoms with E-state index in [1.54, 1.807) is 24.3 Å². The quantitative estimate of drug-likeness (QED) is 0.346. The molecule has 26 heavy (non-hydrogen) atoms. The number of hydrogen-bond acceptors (Lipinski definition) is 5. The summed E-state index contributed by atoms with van der Waals surface area (Å²) in [5.41, 5.74) is 3.14. The van der Waals surface area contributed by atoms with Crippen molar-refractivity contribution < 1.29 is 18.4 Å². The first kappa shape index (κ1) is 20.4. The van der Waals surface area contributed by atoms with E-state index in [1.165, 1.54) is 9.79 Å². The molecule has 2 rings (SSSR count). The lowest BCUT2D eigenvalue weighted by Crippen LogP contribution is -2.37. The third-order valence-electron chi connectivity index (χ3n) is 3.92. The van der Waals surface area contributed by atoms with E-state index in [-0.39, 0.29) is 25.3 Å². The average Bonchev–Trinajstić information content (AvgIpc) is 2.63. The van der Waals surface area contributed by atoms with Gasteiger partial charge in [0.05, 0.1) is 5.75 Å². The molecule has 0 spiro atoms. The molecular formula is C18H22N2O4S2. The maximum Gasteiger partial charge on any atom is 0.244 e. The lowest BCUT2D eigenvalue weighted by molar-refractivity contribution is -0.129. The van der Waals surface area contributed by atoms with Crippen LogP contribution in [0.1, 0.15) is 17.5 Å². The molecule has 0 saturated heterocycles. The Balaban J connectivity index is 2.13. The Kier molecular flexibility index (Phi) is 7.65. The number of benzene rings is 2. The van der Waals surface area contributed by atoms with E-state index in [2.05, 4.69) is 12.6 Å². The fraction of sp³-hybridized carbons (Fsp3) is 0.278. The van der Waals surface area contributed by atoms with Crippen LogP contribution in [-0.4, -0.2) is 36.9 Å². The molecule has 0 radical (unpaired) electrons. The predicted molar refractivity (Wildman–Crippen MR) is 103 cm³/mol. The maximum absolute atomic E-state index is 12.8. The third-order valence-corrected chi connectivity index (χ3v) is 6.21. The molecule has 0 saturated carbocycles. The molecule has 140 valence electrons. The molecule has 0 heterocycles. The topological polar surface area (TPSA) is 86.7 Å². The minimum Gasteiger partial charge on any atom is -0.289 e. The zero-order valence-corrected chi connectivity index (χ0v) is 15.9. The first-order valence-corrected chi connectivity index (χ1v) is 10.2. The van der Waals surface area contributed by atoms with Crippen LogP contribution < -0.4 is 5.48 Å². The van der Waals surface area contributed by atoms with Crippen molar-refractivity contribution in [3.63, 3.8) is 0 Å². The summed E-state index contributed by atoms with van der Waals surface area (Å²) in [7, 11) is -3.62. The second kappa shape index (κ2) is 9.72. The van der Waals surface area contributed by atoms with Crippen LogP contribution in [0.15, 0.2) is 59.5 Å². The molecule has 1 amide bonds. The summed E-state index contributed by atoms with van der Waals surface area (Å²) in [5.74, 6) is -0.767. The van der Waals surface area contributed by atoms with Crippen LogP contribution in [0.2, 0.25) is 0 Å². The van der Waals surface area contributed by atoms with Crippen molar-refractivity contribution in [3.05, 3.63) is 65.7 Å². The van der Waals surface area contributed by atoms with Gasteiger partial charge in [0.2, 0.25) is 15.9 Å². The first-order valence-electron chi connectivity index (χ1n) is 8.14. The second-order valence-corrected chi connectivity index (χ2v) is 8.26. The Bertz CT molecular complexity index is 826. The minimum absolute atomic E-state index is 0.00367. The van der Waals surface area contributed by atoms with E-state index in [9.17, 15) is 13.2 Å². The minimum atomic E-state index is -3.62. The SMILES string of the molecule is O=C(CCN(CCc1ccccc1S)S(=O)(=O)Cc1ccccc1)NO. The van der Waals surface area contributed by atoms with Gasteiger partial charge in [-0.2, -0.15) is 0 Å². The predicted octanol–water partition coefficient (Wildman–Crippen LogP) is 2.25. The highest BCUT2D eigenvalue weighted by Gasteiger charge is 2.23. The van der Waals surface area contributed by atoms with Crippen LogP contribution in [0, 0.1) is 0 Å². The smallest absolute Gasteiger partial charge is 0.244 e. The summed E-state index contributed by atoms with van der Waals surface area (Å²) in [4.78, 5) is 12.1. The monoisotopic (exact) mass is 394 g/mol. The number of hydrogen-bond donors (Lipinski definition) is 3. The van der Waals surface area contributed by atoms with Crippen molar-refractivity contribution >= 4 is 28.6 Å². The fourth-order valence-electron chi connectivity index (χ4n) is 2.52. The van der Waals surface area contributed by atoms with Crippen molar-refractivity contribution in [1.82, 2.24) is 9.79 Å². The van der Waals surface area contributed by atoms with Crippen LogP contribution >= 0.6 is 12.6 Å². The number of amides is 1. The van der Waals surface area contributed by atoms with Crippen LogP contribution in [0.3, 0.4) is 0 Å². The van der Waals surface area contributed by atoms with Gasteiger partial charge in [-0.15, -0.1) is 12.6 Å². The molecule has 0 aliphatic heterocycles. The fourth-order valence-corrected chi connectivity index (χ4v) is 4.32. The summed E-state index contributed by atoms with van der Waals surface area (Å²) in [6.45, 7) is 0.224. The molecule has 2 aromatic rings. The summed E-state index contributed by atoms with van der Waals surface area (Å²) < 4.78 is 26.9. The van der Waals surface area contributed by atoms with Gasteiger partial charge < -0.3 is 0 Å². The number of carbonyl (C=O) groups excluding carboxylic acids is 1. The van der Waals surface area contributed by atoms with Crippen molar-refractivity contribution in [1.29, 1.82) is 0 Å². The Hall–Kier alpha value is -1.87. The van der Waals surface area contributed by atoms with Crippen molar-refractivity contribution in [2.75, 3.05) is 13.1 Å². The zero-order valence-electron chi connectivity index (χ0n) is 14.2. The molecular weight excluding hydrogens is 372 g/mol. The van der Waals surface area contributed by atoms with Crippen LogP contribution in [0.4, 0.5) is 0 Å². The Morgan fingerprint density at radius 2 is 1.69 bits per heavy atom. The third kappa shape index (κ3) is 6.14. The van der Waals surface area contributed by atoms with Gasteiger partial charge >= 0.3 is 0 Å². The van der Waals surface area contributed by atoms with E-state index in [0.29, 0.717) is 12.0 Å². The summed E-state index contributed by atoms with van der Waals surface area (Å²) >= 11 is 4.39. The van der Waals surface area contributed by atoms with Gasteiger partial charge in [-0.1, -0.05) is 48.5 Å². The number of hydroxylamine groups is 1. The molecule has 0 aliphatic carbocycles. The van der Waals surface area contributed by atoms with Crippen LogP contribution in [-0.2, 0) is 27.0 Å². The lowest BCUT2D eigenvalue weighted by Gasteiger charge is -2.22. The van der Waals surface area contributed by atoms with Gasteiger partial charge in [-0.3, -0.25) is 10.0 Å². The second-order valence-electron chi connectivity index (χ2n) is 5.80. The Labute approximate surface area is 159 Å². The van der Waals surface area contributed by atoms with Gasteiger partial charge in [0.15, 0.2) is 0 Å². The number of rotatable bonds is 9.